The molecule has 0 saturated carbocycles. The Morgan fingerprint density at radius 2 is 1.50 bits per heavy atom. The van der Waals surface area contributed by atoms with E-state index in [4.69, 9.17) is 0 Å². The van der Waals surface area contributed by atoms with E-state index in [-0.39, 0.29) is 17.3 Å². The highest BCUT2D eigenvalue weighted by Crippen LogP contribution is 2.18. The Morgan fingerprint density at radius 1 is 0.800 bits per heavy atom. The van der Waals surface area contributed by atoms with Gasteiger partial charge < -0.3 is 5.32 Å². The van der Waals surface area contributed by atoms with Crippen molar-refractivity contribution in [1.29, 1.82) is 0 Å². The van der Waals surface area contributed by atoms with Crippen LogP contribution in [0.5, 0.6) is 0 Å². The first-order valence-electron chi connectivity index (χ1n) is 9.70. The van der Waals surface area contributed by atoms with Gasteiger partial charge in [-0.05, 0) is 80.3 Å². The average molecular weight is 423 g/mol. The van der Waals surface area contributed by atoms with Crippen LogP contribution in [0.2, 0.25) is 0 Å². The van der Waals surface area contributed by atoms with Crippen LogP contribution < -0.4 is 10.0 Å². The van der Waals surface area contributed by atoms with Gasteiger partial charge in [0.05, 0.1) is 4.90 Å². The van der Waals surface area contributed by atoms with E-state index in [1.54, 1.807) is 42.5 Å². The highest BCUT2D eigenvalue weighted by Gasteiger charge is 2.15. The van der Waals surface area contributed by atoms with Gasteiger partial charge in [-0.1, -0.05) is 35.9 Å². The summed E-state index contributed by atoms with van der Waals surface area (Å²) in [6, 6.07) is 17.8. The van der Waals surface area contributed by atoms with E-state index >= 15 is 0 Å². The number of benzene rings is 3. The predicted octanol–water partition coefficient (Wildman–Crippen LogP) is 4.65. The molecule has 0 aromatic heterocycles. The van der Waals surface area contributed by atoms with Crippen molar-refractivity contribution in [2.75, 3.05) is 5.32 Å². The van der Waals surface area contributed by atoms with Gasteiger partial charge in [-0.3, -0.25) is 4.79 Å². The van der Waals surface area contributed by atoms with Gasteiger partial charge in [0, 0.05) is 17.8 Å². The maximum atomic E-state index is 12.5. The normalized spacial score (nSPS) is 11.3. The van der Waals surface area contributed by atoms with E-state index in [0.717, 1.165) is 33.5 Å². The smallest absolute Gasteiger partial charge is 0.255 e. The number of carbonyl (C=O) groups excluding carboxylic acids is 1. The van der Waals surface area contributed by atoms with E-state index < -0.39 is 10.0 Å². The number of aryl methyl sites for hydroxylation is 4. The maximum absolute atomic E-state index is 12.5. The SMILES string of the molecule is Cc1ccc(NC(=O)c2ccc(CNS(=O)(=O)c3ccc(C)c(C)c3)cc2)c(C)c1. The van der Waals surface area contributed by atoms with Crippen LogP contribution in [0.1, 0.15) is 38.2 Å². The summed E-state index contributed by atoms with van der Waals surface area (Å²) in [5.74, 6) is -0.204. The number of sulfonamides is 1. The topological polar surface area (TPSA) is 75.3 Å². The molecular formula is C24H26N2O3S. The summed E-state index contributed by atoms with van der Waals surface area (Å²) in [4.78, 5) is 12.7. The van der Waals surface area contributed by atoms with Crippen LogP contribution in [0.4, 0.5) is 5.69 Å². The molecular weight excluding hydrogens is 396 g/mol. The van der Waals surface area contributed by atoms with Crippen molar-refractivity contribution in [3.05, 3.63) is 94.0 Å². The van der Waals surface area contributed by atoms with Gasteiger partial charge in [0.25, 0.3) is 5.91 Å². The summed E-state index contributed by atoms with van der Waals surface area (Å²) >= 11 is 0. The van der Waals surface area contributed by atoms with Crippen molar-refractivity contribution in [2.45, 2.75) is 39.1 Å². The number of carbonyl (C=O) groups is 1. The van der Waals surface area contributed by atoms with Crippen molar-refractivity contribution in [2.24, 2.45) is 0 Å². The van der Waals surface area contributed by atoms with Gasteiger partial charge in [-0.2, -0.15) is 0 Å². The van der Waals surface area contributed by atoms with Crippen LogP contribution in [0.25, 0.3) is 0 Å². The van der Waals surface area contributed by atoms with Crippen molar-refractivity contribution >= 4 is 21.6 Å². The molecule has 0 aliphatic carbocycles. The molecule has 0 unspecified atom stereocenters. The summed E-state index contributed by atoms with van der Waals surface area (Å²) in [6.45, 7) is 7.93. The molecule has 0 atom stereocenters. The molecule has 1 amide bonds. The molecule has 0 heterocycles. The van der Waals surface area contributed by atoms with Crippen LogP contribution in [0.15, 0.2) is 65.6 Å². The third-order valence-corrected chi connectivity index (χ3v) is 6.50. The van der Waals surface area contributed by atoms with Gasteiger partial charge >= 0.3 is 0 Å². The number of rotatable bonds is 6. The molecule has 3 rings (SSSR count). The fourth-order valence-corrected chi connectivity index (χ4v) is 4.17. The Labute approximate surface area is 178 Å². The predicted molar refractivity (Wildman–Crippen MR) is 120 cm³/mol. The van der Waals surface area contributed by atoms with E-state index in [2.05, 4.69) is 10.0 Å². The lowest BCUT2D eigenvalue weighted by atomic mass is 10.1. The Morgan fingerprint density at radius 3 is 2.13 bits per heavy atom. The number of hydrogen-bond donors (Lipinski definition) is 2. The lowest BCUT2D eigenvalue weighted by Gasteiger charge is -2.11. The molecule has 3 aromatic rings. The fourth-order valence-electron chi connectivity index (χ4n) is 3.07. The number of amides is 1. The molecule has 0 aliphatic rings. The number of hydrogen-bond acceptors (Lipinski definition) is 3. The lowest BCUT2D eigenvalue weighted by Crippen LogP contribution is -2.23. The van der Waals surface area contributed by atoms with Gasteiger partial charge in [-0.15, -0.1) is 0 Å². The quantitative estimate of drug-likeness (QED) is 0.607. The second kappa shape index (κ2) is 8.81. The first kappa shape index (κ1) is 21.7. The molecule has 0 saturated heterocycles. The molecule has 0 fully saturated rings. The number of anilines is 1. The monoisotopic (exact) mass is 422 g/mol. The van der Waals surface area contributed by atoms with Crippen LogP contribution in [-0.4, -0.2) is 14.3 Å². The summed E-state index contributed by atoms with van der Waals surface area (Å²) < 4.78 is 27.7. The third-order valence-electron chi connectivity index (χ3n) is 5.10. The van der Waals surface area contributed by atoms with Gasteiger partial charge in [-0.25, -0.2) is 13.1 Å². The summed E-state index contributed by atoms with van der Waals surface area (Å²) in [7, 11) is -3.60. The van der Waals surface area contributed by atoms with Gasteiger partial charge in [0.1, 0.15) is 0 Å². The summed E-state index contributed by atoms with van der Waals surface area (Å²) in [6.07, 6.45) is 0. The first-order valence-corrected chi connectivity index (χ1v) is 11.2. The van der Waals surface area contributed by atoms with Crippen LogP contribution in [-0.2, 0) is 16.6 Å². The van der Waals surface area contributed by atoms with Crippen molar-refractivity contribution < 1.29 is 13.2 Å². The molecule has 30 heavy (non-hydrogen) atoms. The minimum Gasteiger partial charge on any atom is -0.322 e. The van der Waals surface area contributed by atoms with Crippen molar-refractivity contribution in [3.8, 4) is 0 Å². The summed E-state index contributed by atoms with van der Waals surface area (Å²) in [5.41, 5.74) is 6.16. The second-order valence-electron chi connectivity index (χ2n) is 7.54. The largest absolute Gasteiger partial charge is 0.322 e. The Kier molecular flexibility index (Phi) is 6.39. The van der Waals surface area contributed by atoms with Crippen LogP contribution in [0, 0.1) is 27.7 Å². The van der Waals surface area contributed by atoms with E-state index in [9.17, 15) is 13.2 Å². The Bertz CT molecular complexity index is 1180. The molecule has 0 aliphatic heterocycles. The zero-order valence-corrected chi connectivity index (χ0v) is 18.4. The number of nitrogens with one attached hydrogen (secondary N) is 2. The van der Waals surface area contributed by atoms with E-state index in [0.29, 0.717) is 5.56 Å². The lowest BCUT2D eigenvalue weighted by molar-refractivity contribution is 0.102. The fraction of sp³-hybridized carbons (Fsp3) is 0.208. The van der Waals surface area contributed by atoms with Crippen molar-refractivity contribution in [3.63, 3.8) is 0 Å². The minimum atomic E-state index is -3.60. The van der Waals surface area contributed by atoms with E-state index in [1.807, 2.05) is 45.9 Å². The molecule has 6 heteroatoms. The van der Waals surface area contributed by atoms with Crippen LogP contribution >= 0.6 is 0 Å². The van der Waals surface area contributed by atoms with E-state index in [1.165, 1.54) is 0 Å². The standard InChI is InChI=1S/C24H26N2O3S/c1-16-5-12-23(19(4)13-16)26-24(27)21-9-7-20(8-10-21)15-25-30(28,29)22-11-6-17(2)18(3)14-22/h5-14,25H,15H2,1-4H3,(H,26,27). The molecule has 0 bridgehead atoms. The zero-order chi connectivity index (χ0) is 21.9. The Balaban J connectivity index is 1.65. The molecule has 156 valence electrons. The molecule has 0 spiro atoms. The van der Waals surface area contributed by atoms with Gasteiger partial charge in [0.15, 0.2) is 0 Å². The third kappa shape index (κ3) is 5.14. The molecule has 2 N–H and O–H groups in total. The molecule has 0 radical (unpaired) electrons. The van der Waals surface area contributed by atoms with Crippen LogP contribution in [0.3, 0.4) is 0 Å². The van der Waals surface area contributed by atoms with Crippen molar-refractivity contribution in [1.82, 2.24) is 4.72 Å². The molecule has 3 aromatic carbocycles. The summed E-state index contributed by atoms with van der Waals surface area (Å²) in [5, 5.41) is 2.91. The molecule has 5 nitrogen and oxygen atoms in total. The van der Waals surface area contributed by atoms with Gasteiger partial charge in [0.2, 0.25) is 10.0 Å². The highest BCUT2D eigenvalue weighted by atomic mass is 32.2. The second-order valence-corrected chi connectivity index (χ2v) is 9.31. The zero-order valence-electron chi connectivity index (χ0n) is 17.6. The first-order chi connectivity index (χ1) is 14.2. The minimum absolute atomic E-state index is 0.147. The highest BCUT2D eigenvalue weighted by molar-refractivity contribution is 7.89. The Hall–Kier alpha value is -2.96. The average Bonchev–Trinajstić information content (AvgIpc) is 2.71. The maximum Gasteiger partial charge on any atom is 0.255 e.